The van der Waals surface area contributed by atoms with Crippen LogP contribution in [-0.2, 0) is 14.6 Å². The van der Waals surface area contributed by atoms with Gasteiger partial charge in [-0.05, 0) is 32.3 Å². The normalized spacial score (nSPS) is 24.6. The van der Waals surface area contributed by atoms with Gasteiger partial charge in [0.15, 0.2) is 15.6 Å². The molecule has 1 saturated heterocycles. The smallest absolute Gasteiger partial charge is 0.155 e. The average molecular weight is 216 g/mol. The van der Waals surface area contributed by atoms with Gasteiger partial charge in [-0.1, -0.05) is 5.57 Å². The molecule has 0 N–H and O–H groups in total. The van der Waals surface area contributed by atoms with Gasteiger partial charge >= 0.3 is 0 Å². The summed E-state index contributed by atoms with van der Waals surface area (Å²) >= 11 is 0. The molecular weight excluding hydrogens is 200 g/mol. The number of ketones is 1. The highest BCUT2D eigenvalue weighted by molar-refractivity contribution is 7.91. The maximum absolute atomic E-state index is 11.3. The van der Waals surface area contributed by atoms with Crippen molar-refractivity contribution in [1.29, 1.82) is 0 Å². The van der Waals surface area contributed by atoms with Crippen LogP contribution in [0.25, 0.3) is 0 Å². The molecule has 1 unspecified atom stereocenters. The summed E-state index contributed by atoms with van der Waals surface area (Å²) in [5, 5.41) is 0. The van der Waals surface area contributed by atoms with Crippen molar-refractivity contribution in [3.63, 3.8) is 0 Å². The van der Waals surface area contributed by atoms with E-state index in [0.29, 0.717) is 12.8 Å². The lowest BCUT2D eigenvalue weighted by Gasteiger charge is -2.03. The molecular formula is C10H16O3S. The second-order valence-corrected chi connectivity index (χ2v) is 6.39. The van der Waals surface area contributed by atoms with Crippen molar-refractivity contribution in [3.05, 3.63) is 11.6 Å². The zero-order chi connectivity index (χ0) is 10.8. The van der Waals surface area contributed by atoms with E-state index in [0.717, 1.165) is 5.57 Å². The lowest BCUT2D eigenvalue weighted by molar-refractivity contribution is -0.115. The zero-order valence-electron chi connectivity index (χ0n) is 8.62. The minimum Gasteiger partial charge on any atom is -0.295 e. The Morgan fingerprint density at radius 3 is 2.50 bits per heavy atom. The Morgan fingerprint density at radius 1 is 1.43 bits per heavy atom. The van der Waals surface area contributed by atoms with E-state index in [1.807, 2.05) is 13.8 Å². The van der Waals surface area contributed by atoms with E-state index in [2.05, 4.69) is 0 Å². The Kier molecular flexibility index (Phi) is 3.48. The topological polar surface area (TPSA) is 51.2 Å². The first kappa shape index (κ1) is 11.4. The Hall–Kier alpha value is -0.640. The van der Waals surface area contributed by atoms with Crippen molar-refractivity contribution in [2.24, 2.45) is 5.92 Å². The van der Waals surface area contributed by atoms with E-state index in [1.54, 1.807) is 6.08 Å². The molecule has 0 spiro atoms. The molecule has 1 fully saturated rings. The van der Waals surface area contributed by atoms with Gasteiger partial charge in [-0.25, -0.2) is 8.42 Å². The summed E-state index contributed by atoms with van der Waals surface area (Å²) in [6.07, 6.45) is 2.61. The molecule has 0 saturated carbocycles. The lowest BCUT2D eigenvalue weighted by Crippen LogP contribution is -2.09. The highest BCUT2D eigenvalue weighted by Crippen LogP contribution is 2.21. The molecule has 0 aliphatic carbocycles. The fraction of sp³-hybridized carbons (Fsp3) is 0.700. The molecule has 0 aromatic rings. The van der Waals surface area contributed by atoms with Crippen LogP contribution in [0.5, 0.6) is 0 Å². The van der Waals surface area contributed by atoms with Crippen molar-refractivity contribution in [3.8, 4) is 0 Å². The summed E-state index contributed by atoms with van der Waals surface area (Å²) in [5.41, 5.74) is 0.968. The number of allylic oxidation sites excluding steroid dienone is 2. The Balaban J connectivity index is 2.48. The lowest BCUT2D eigenvalue weighted by atomic mass is 10.0. The number of carbonyl (C=O) groups excluding carboxylic acids is 1. The van der Waals surface area contributed by atoms with Gasteiger partial charge in [0.1, 0.15) is 0 Å². The van der Waals surface area contributed by atoms with Crippen LogP contribution in [0.3, 0.4) is 0 Å². The summed E-state index contributed by atoms with van der Waals surface area (Å²) in [5.74, 6) is 0.532. The van der Waals surface area contributed by atoms with Crippen LogP contribution in [0.15, 0.2) is 11.6 Å². The van der Waals surface area contributed by atoms with Crippen LogP contribution in [0, 0.1) is 5.92 Å². The van der Waals surface area contributed by atoms with Crippen LogP contribution in [0.4, 0.5) is 0 Å². The fourth-order valence-electron chi connectivity index (χ4n) is 1.70. The summed E-state index contributed by atoms with van der Waals surface area (Å²) < 4.78 is 22.2. The van der Waals surface area contributed by atoms with Crippen molar-refractivity contribution in [2.45, 2.75) is 26.7 Å². The highest BCUT2D eigenvalue weighted by Gasteiger charge is 2.28. The number of rotatable bonds is 3. The molecule has 0 bridgehead atoms. The van der Waals surface area contributed by atoms with Crippen molar-refractivity contribution in [1.82, 2.24) is 0 Å². The van der Waals surface area contributed by atoms with E-state index in [1.165, 1.54) is 0 Å². The van der Waals surface area contributed by atoms with E-state index in [4.69, 9.17) is 0 Å². The van der Waals surface area contributed by atoms with Gasteiger partial charge in [-0.15, -0.1) is 0 Å². The van der Waals surface area contributed by atoms with Crippen LogP contribution >= 0.6 is 0 Å². The summed E-state index contributed by atoms with van der Waals surface area (Å²) in [6.45, 7) is 3.73. The van der Waals surface area contributed by atoms with Crippen molar-refractivity contribution in [2.75, 3.05) is 11.5 Å². The van der Waals surface area contributed by atoms with Crippen LogP contribution in [-0.4, -0.2) is 25.7 Å². The van der Waals surface area contributed by atoms with Crippen LogP contribution in [0.1, 0.15) is 26.7 Å². The van der Waals surface area contributed by atoms with E-state index in [-0.39, 0.29) is 23.2 Å². The Morgan fingerprint density at radius 2 is 2.07 bits per heavy atom. The molecule has 4 heteroatoms. The molecule has 1 rings (SSSR count). The number of hydrogen-bond acceptors (Lipinski definition) is 3. The molecule has 1 aliphatic heterocycles. The molecule has 14 heavy (non-hydrogen) atoms. The average Bonchev–Trinajstić information content (AvgIpc) is 2.27. The van der Waals surface area contributed by atoms with E-state index in [9.17, 15) is 13.2 Å². The first-order valence-electron chi connectivity index (χ1n) is 4.77. The molecule has 0 amide bonds. The highest BCUT2D eigenvalue weighted by atomic mass is 32.2. The molecule has 1 atom stereocenters. The standard InChI is InChI=1S/C10H16O3S/c1-8(2)5-10(11)6-9-3-4-14(12,13)7-9/h5,9H,3-4,6-7H2,1-2H3. The van der Waals surface area contributed by atoms with Gasteiger partial charge < -0.3 is 0 Å². The minimum atomic E-state index is -2.84. The maximum Gasteiger partial charge on any atom is 0.155 e. The molecule has 0 aromatic heterocycles. The molecule has 3 nitrogen and oxygen atoms in total. The van der Waals surface area contributed by atoms with Crippen LogP contribution in [0.2, 0.25) is 0 Å². The van der Waals surface area contributed by atoms with Gasteiger partial charge in [0.05, 0.1) is 11.5 Å². The van der Waals surface area contributed by atoms with Crippen LogP contribution < -0.4 is 0 Å². The third kappa shape index (κ3) is 3.62. The quantitative estimate of drug-likeness (QED) is 0.669. The Labute approximate surface area is 85.1 Å². The molecule has 1 aliphatic rings. The summed E-state index contributed by atoms with van der Waals surface area (Å²) in [4.78, 5) is 11.3. The molecule has 1 heterocycles. The molecule has 0 radical (unpaired) electrons. The zero-order valence-corrected chi connectivity index (χ0v) is 9.43. The third-order valence-corrected chi connectivity index (χ3v) is 4.10. The molecule has 80 valence electrons. The number of hydrogen-bond donors (Lipinski definition) is 0. The predicted octanol–water partition coefficient (Wildman–Crippen LogP) is 1.35. The third-order valence-electron chi connectivity index (χ3n) is 2.27. The first-order valence-corrected chi connectivity index (χ1v) is 6.59. The van der Waals surface area contributed by atoms with Gasteiger partial charge in [-0.3, -0.25) is 4.79 Å². The summed E-state index contributed by atoms with van der Waals surface area (Å²) in [7, 11) is -2.84. The largest absolute Gasteiger partial charge is 0.295 e. The second-order valence-electron chi connectivity index (χ2n) is 4.16. The van der Waals surface area contributed by atoms with Gasteiger partial charge in [0.2, 0.25) is 0 Å². The SMILES string of the molecule is CC(C)=CC(=O)CC1CCS(=O)(=O)C1. The van der Waals surface area contributed by atoms with Crippen molar-refractivity contribution >= 4 is 15.6 Å². The second kappa shape index (κ2) is 4.26. The van der Waals surface area contributed by atoms with Gasteiger partial charge in [-0.2, -0.15) is 0 Å². The van der Waals surface area contributed by atoms with E-state index >= 15 is 0 Å². The Bertz CT molecular complexity index is 348. The van der Waals surface area contributed by atoms with Gasteiger partial charge in [0, 0.05) is 6.42 Å². The first-order chi connectivity index (χ1) is 6.39. The van der Waals surface area contributed by atoms with Crippen molar-refractivity contribution < 1.29 is 13.2 Å². The summed E-state index contributed by atoms with van der Waals surface area (Å²) in [6, 6.07) is 0. The van der Waals surface area contributed by atoms with Gasteiger partial charge in [0.25, 0.3) is 0 Å². The fourth-order valence-corrected chi connectivity index (χ4v) is 3.56. The van der Waals surface area contributed by atoms with E-state index < -0.39 is 9.84 Å². The number of sulfone groups is 1. The predicted molar refractivity (Wildman–Crippen MR) is 55.8 cm³/mol. The maximum atomic E-state index is 11.3. The number of carbonyl (C=O) groups is 1. The monoisotopic (exact) mass is 216 g/mol. The molecule has 0 aromatic carbocycles. The minimum absolute atomic E-state index is 0.0445.